The lowest BCUT2D eigenvalue weighted by molar-refractivity contribution is 0.158. The molecule has 0 spiro atoms. The van der Waals surface area contributed by atoms with Gasteiger partial charge in [-0.1, -0.05) is 32.9 Å². The number of phenols is 1. The zero-order chi connectivity index (χ0) is 13.8. The smallest absolute Gasteiger partial charge is 0.119 e. The van der Waals surface area contributed by atoms with Crippen molar-refractivity contribution in [1.82, 2.24) is 4.90 Å². The molecule has 0 radical (unpaired) electrons. The Bertz CT molecular complexity index is 415. The highest BCUT2D eigenvalue weighted by molar-refractivity contribution is 8.93. The van der Waals surface area contributed by atoms with Crippen LogP contribution in [0.25, 0.3) is 0 Å². The van der Waals surface area contributed by atoms with Gasteiger partial charge in [-0.3, -0.25) is 4.90 Å². The van der Waals surface area contributed by atoms with E-state index in [0.717, 1.165) is 6.42 Å². The molecule has 0 saturated carbocycles. The molecule has 1 N–H and O–H groups in total. The van der Waals surface area contributed by atoms with Gasteiger partial charge in [-0.25, -0.2) is 0 Å². The van der Waals surface area contributed by atoms with Crippen LogP contribution >= 0.6 is 17.0 Å². The van der Waals surface area contributed by atoms with Gasteiger partial charge >= 0.3 is 0 Å². The van der Waals surface area contributed by atoms with E-state index < -0.39 is 0 Å². The fourth-order valence-corrected chi connectivity index (χ4v) is 3.56. The summed E-state index contributed by atoms with van der Waals surface area (Å²) < 4.78 is 0. The normalized spacial score (nSPS) is 21.4. The molecule has 0 bridgehead atoms. The van der Waals surface area contributed by atoms with Crippen molar-refractivity contribution in [2.45, 2.75) is 58.4 Å². The van der Waals surface area contributed by atoms with Crippen LogP contribution in [0.5, 0.6) is 5.75 Å². The minimum Gasteiger partial charge on any atom is -0.508 e. The van der Waals surface area contributed by atoms with Crippen molar-refractivity contribution in [2.24, 2.45) is 0 Å². The molecule has 0 aliphatic heterocycles. The van der Waals surface area contributed by atoms with Gasteiger partial charge in [0, 0.05) is 6.04 Å². The first-order valence-electron chi connectivity index (χ1n) is 7.73. The van der Waals surface area contributed by atoms with E-state index in [0.29, 0.717) is 17.7 Å². The van der Waals surface area contributed by atoms with Crippen LogP contribution in [0.2, 0.25) is 0 Å². The number of nitrogens with zero attached hydrogens (tertiary/aromatic N) is 1. The molecule has 2 nitrogen and oxygen atoms in total. The number of hydrogen-bond acceptors (Lipinski definition) is 2. The monoisotopic (exact) mass is 341 g/mol. The van der Waals surface area contributed by atoms with Gasteiger partial charge in [0.15, 0.2) is 0 Å². The first-order valence-corrected chi connectivity index (χ1v) is 7.73. The van der Waals surface area contributed by atoms with Crippen molar-refractivity contribution in [3.63, 3.8) is 0 Å². The van der Waals surface area contributed by atoms with Gasteiger partial charge < -0.3 is 5.11 Å². The summed E-state index contributed by atoms with van der Waals surface area (Å²) in [6.45, 7) is 9.22. The third-order valence-corrected chi connectivity index (χ3v) is 4.44. The van der Waals surface area contributed by atoms with E-state index in [2.05, 4.69) is 31.7 Å². The molecular formula is C17H28BrNO. The third-order valence-electron chi connectivity index (χ3n) is 4.44. The van der Waals surface area contributed by atoms with E-state index in [-0.39, 0.29) is 17.0 Å². The lowest BCUT2D eigenvalue weighted by atomic mass is 9.79. The third kappa shape index (κ3) is 3.56. The minimum absolute atomic E-state index is 0. The molecule has 1 aromatic rings. The summed E-state index contributed by atoms with van der Waals surface area (Å²) in [5.74, 6) is 1.01. The summed E-state index contributed by atoms with van der Waals surface area (Å²) in [7, 11) is 0. The largest absolute Gasteiger partial charge is 0.508 e. The highest BCUT2D eigenvalue weighted by atomic mass is 79.9. The molecule has 114 valence electrons. The fourth-order valence-electron chi connectivity index (χ4n) is 3.56. The summed E-state index contributed by atoms with van der Waals surface area (Å²) >= 11 is 0. The molecule has 1 aliphatic carbocycles. The number of aromatic hydroxyl groups is 1. The standard InChI is InChI=1S/C17H27NO.BrH/c1-4-11-18(12-5-2)16-10-9-15-14(13(16)3)7-6-8-17(15)19;/h6-8,13,16,19H,4-5,9-12H2,1-3H3;1H/t13-,16-;/m0./s1. The molecule has 0 saturated heterocycles. The van der Waals surface area contributed by atoms with Crippen molar-refractivity contribution in [3.05, 3.63) is 29.3 Å². The van der Waals surface area contributed by atoms with Gasteiger partial charge in [0.2, 0.25) is 0 Å². The lowest BCUT2D eigenvalue weighted by Crippen LogP contribution is -2.42. The van der Waals surface area contributed by atoms with Crippen LogP contribution in [0.3, 0.4) is 0 Å². The maximum absolute atomic E-state index is 9.99. The Kier molecular flexibility index (Phi) is 7.04. The van der Waals surface area contributed by atoms with E-state index in [9.17, 15) is 5.11 Å². The number of phenolic OH excluding ortho intramolecular Hbond substituents is 1. The van der Waals surface area contributed by atoms with E-state index in [1.54, 1.807) is 0 Å². The van der Waals surface area contributed by atoms with Crippen molar-refractivity contribution < 1.29 is 5.11 Å². The number of benzene rings is 1. The molecule has 0 unspecified atom stereocenters. The van der Waals surface area contributed by atoms with Crippen molar-refractivity contribution >= 4 is 17.0 Å². The Morgan fingerprint density at radius 2 is 1.85 bits per heavy atom. The molecule has 1 aromatic carbocycles. The van der Waals surface area contributed by atoms with Crippen LogP contribution < -0.4 is 0 Å². The van der Waals surface area contributed by atoms with Gasteiger partial charge in [-0.05, 0) is 61.9 Å². The van der Waals surface area contributed by atoms with Crippen molar-refractivity contribution in [2.75, 3.05) is 13.1 Å². The Morgan fingerprint density at radius 1 is 1.20 bits per heavy atom. The van der Waals surface area contributed by atoms with Crippen LogP contribution in [0.15, 0.2) is 18.2 Å². The number of hydrogen-bond donors (Lipinski definition) is 1. The molecular weight excluding hydrogens is 314 g/mol. The summed E-state index contributed by atoms with van der Waals surface area (Å²) in [6, 6.07) is 6.63. The highest BCUT2D eigenvalue weighted by Crippen LogP contribution is 2.38. The zero-order valence-electron chi connectivity index (χ0n) is 12.9. The predicted molar refractivity (Wildman–Crippen MR) is 91.1 cm³/mol. The molecule has 2 atom stereocenters. The van der Waals surface area contributed by atoms with Crippen molar-refractivity contribution in [1.29, 1.82) is 0 Å². The van der Waals surface area contributed by atoms with Crippen LogP contribution in [0.4, 0.5) is 0 Å². The van der Waals surface area contributed by atoms with Gasteiger partial charge in [-0.2, -0.15) is 0 Å². The van der Waals surface area contributed by atoms with Gasteiger partial charge in [0.1, 0.15) is 5.75 Å². The predicted octanol–water partition coefficient (Wildman–Crippen LogP) is 4.51. The van der Waals surface area contributed by atoms with Gasteiger partial charge in [-0.15, -0.1) is 17.0 Å². The molecule has 1 aliphatic rings. The van der Waals surface area contributed by atoms with E-state index >= 15 is 0 Å². The number of rotatable bonds is 5. The Morgan fingerprint density at radius 3 is 2.45 bits per heavy atom. The molecule has 0 aromatic heterocycles. The van der Waals surface area contributed by atoms with E-state index in [1.165, 1.54) is 43.5 Å². The average Bonchev–Trinajstić information content (AvgIpc) is 2.40. The molecule has 0 heterocycles. The van der Waals surface area contributed by atoms with Crippen LogP contribution in [-0.4, -0.2) is 29.1 Å². The Balaban J connectivity index is 0.00000200. The van der Waals surface area contributed by atoms with Gasteiger partial charge in [0.05, 0.1) is 0 Å². The fraction of sp³-hybridized carbons (Fsp3) is 0.647. The van der Waals surface area contributed by atoms with Crippen LogP contribution in [0.1, 0.15) is 57.1 Å². The van der Waals surface area contributed by atoms with E-state index in [4.69, 9.17) is 0 Å². The first kappa shape index (κ1) is 17.5. The zero-order valence-corrected chi connectivity index (χ0v) is 14.6. The first-order chi connectivity index (χ1) is 9.19. The molecule has 2 rings (SSSR count). The maximum atomic E-state index is 9.99. The van der Waals surface area contributed by atoms with E-state index in [1.807, 2.05) is 12.1 Å². The van der Waals surface area contributed by atoms with Crippen molar-refractivity contribution in [3.8, 4) is 5.75 Å². The molecule has 0 amide bonds. The lowest BCUT2D eigenvalue weighted by Gasteiger charge is -2.39. The second-order valence-electron chi connectivity index (χ2n) is 5.78. The maximum Gasteiger partial charge on any atom is 0.119 e. The number of fused-ring (bicyclic) bond motifs is 1. The summed E-state index contributed by atoms with van der Waals surface area (Å²) in [5, 5.41) is 9.99. The Hall–Kier alpha value is -0.540. The second kappa shape index (κ2) is 8.04. The van der Waals surface area contributed by atoms with Crippen LogP contribution in [-0.2, 0) is 6.42 Å². The summed E-state index contributed by atoms with van der Waals surface area (Å²) in [5.41, 5.74) is 2.53. The Labute approximate surface area is 134 Å². The summed E-state index contributed by atoms with van der Waals surface area (Å²) in [6.07, 6.45) is 4.62. The molecule has 0 fully saturated rings. The quantitative estimate of drug-likeness (QED) is 0.851. The second-order valence-corrected chi connectivity index (χ2v) is 5.78. The number of halogens is 1. The molecule has 20 heavy (non-hydrogen) atoms. The molecule has 3 heteroatoms. The van der Waals surface area contributed by atoms with Gasteiger partial charge in [0.25, 0.3) is 0 Å². The van der Waals surface area contributed by atoms with Crippen LogP contribution in [0, 0.1) is 0 Å². The summed E-state index contributed by atoms with van der Waals surface area (Å²) in [4.78, 5) is 2.65. The highest BCUT2D eigenvalue weighted by Gasteiger charge is 2.30. The minimum atomic E-state index is 0. The topological polar surface area (TPSA) is 23.5 Å². The SMILES string of the molecule is Br.CCCN(CCC)[C@H]1CCc2c(O)cccc2[C@@H]1C. The average molecular weight is 342 g/mol.